The molecule has 0 atom stereocenters. The molecule has 0 saturated carbocycles. The van der Waals surface area contributed by atoms with Crippen molar-refractivity contribution in [1.82, 2.24) is 19.6 Å². The molecule has 146 valence electrons. The first kappa shape index (κ1) is 19.4. The number of likely N-dealkylation sites (N-methyl/N-ethyl adjacent to an activating group) is 1. The molecule has 0 fully saturated rings. The van der Waals surface area contributed by atoms with Crippen molar-refractivity contribution in [1.29, 1.82) is 0 Å². The van der Waals surface area contributed by atoms with Gasteiger partial charge in [-0.15, -0.1) is 0 Å². The smallest absolute Gasteiger partial charge is 0.292 e. The van der Waals surface area contributed by atoms with Gasteiger partial charge < -0.3 is 15.5 Å². The number of halogens is 2. The van der Waals surface area contributed by atoms with Gasteiger partial charge in [0.25, 0.3) is 11.8 Å². The summed E-state index contributed by atoms with van der Waals surface area (Å²) in [5, 5.41) is 4.92. The molecule has 2 heterocycles. The Kier molecular flexibility index (Phi) is 5.65. The minimum Gasteiger partial charge on any atom is -0.349 e. The molecule has 3 rings (SSSR count). The van der Waals surface area contributed by atoms with Gasteiger partial charge in [-0.1, -0.05) is 12.1 Å². The van der Waals surface area contributed by atoms with Crippen LogP contribution in [-0.2, 0) is 0 Å². The summed E-state index contributed by atoms with van der Waals surface area (Å²) in [4.78, 5) is 31.1. The summed E-state index contributed by atoms with van der Waals surface area (Å²) in [6, 6.07) is 8.25. The molecular formula is C19H19F2N5O2. The number of carbonyl (C=O) groups is 2. The first-order valence-electron chi connectivity index (χ1n) is 8.54. The first-order chi connectivity index (χ1) is 13.4. The van der Waals surface area contributed by atoms with E-state index in [1.807, 2.05) is 19.0 Å². The number of fused-ring (bicyclic) bond motifs is 1. The standard InChI is InChI=1S/C19H19F2N5O2/c1-25(2)11-9-22-18(27)16-14-8-3-4-10-26(14)17(23-16)19(28)24-15-12(20)6-5-7-13(15)21/h3-8,10H,9,11H2,1-2H3,(H,22,27)(H,24,28). The second-order valence-electron chi connectivity index (χ2n) is 6.35. The van der Waals surface area contributed by atoms with Crippen molar-refractivity contribution in [2.24, 2.45) is 0 Å². The second-order valence-corrected chi connectivity index (χ2v) is 6.35. The molecule has 3 aromatic rings. The number of hydrogen-bond donors (Lipinski definition) is 2. The van der Waals surface area contributed by atoms with Crippen molar-refractivity contribution in [3.63, 3.8) is 0 Å². The summed E-state index contributed by atoms with van der Waals surface area (Å²) in [5.41, 5.74) is -0.111. The number of hydrogen-bond acceptors (Lipinski definition) is 4. The number of pyridine rings is 1. The van der Waals surface area contributed by atoms with Crippen molar-refractivity contribution >= 4 is 23.0 Å². The van der Waals surface area contributed by atoms with E-state index in [4.69, 9.17) is 0 Å². The molecule has 0 aliphatic rings. The summed E-state index contributed by atoms with van der Waals surface area (Å²) in [6.07, 6.45) is 1.55. The normalized spacial score (nSPS) is 11.0. The predicted molar refractivity (Wildman–Crippen MR) is 100 cm³/mol. The number of carbonyl (C=O) groups excluding carboxylic acids is 2. The first-order valence-corrected chi connectivity index (χ1v) is 8.54. The fourth-order valence-corrected chi connectivity index (χ4v) is 2.63. The van der Waals surface area contributed by atoms with E-state index in [1.165, 1.54) is 10.5 Å². The number of aromatic nitrogens is 2. The SMILES string of the molecule is CN(C)CCNC(=O)c1nc(C(=O)Nc2c(F)cccc2F)n2ccccc12. The van der Waals surface area contributed by atoms with Gasteiger partial charge in [0.05, 0.1) is 5.52 Å². The quantitative estimate of drug-likeness (QED) is 0.679. The highest BCUT2D eigenvalue weighted by Gasteiger charge is 2.23. The fraction of sp³-hybridized carbons (Fsp3) is 0.211. The Morgan fingerprint density at radius 2 is 1.79 bits per heavy atom. The van der Waals surface area contributed by atoms with Crippen LogP contribution in [-0.4, -0.2) is 53.3 Å². The van der Waals surface area contributed by atoms with Crippen molar-refractivity contribution in [2.75, 3.05) is 32.5 Å². The Bertz CT molecular complexity index is 1010. The third-order valence-electron chi connectivity index (χ3n) is 4.01. The molecule has 9 heteroatoms. The largest absolute Gasteiger partial charge is 0.349 e. The van der Waals surface area contributed by atoms with Crippen LogP contribution in [0.3, 0.4) is 0 Å². The fourth-order valence-electron chi connectivity index (χ4n) is 2.63. The van der Waals surface area contributed by atoms with Gasteiger partial charge in [-0.25, -0.2) is 13.8 Å². The molecule has 2 N–H and O–H groups in total. The summed E-state index contributed by atoms with van der Waals surface area (Å²) in [7, 11) is 3.75. The molecule has 2 aromatic heterocycles. The minimum absolute atomic E-state index is 0.0542. The zero-order chi connectivity index (χ0) is 20.3. The van der Waals surface area contributed by atoms with Crippen LogP contribution in [0.25, 0.3) is 5.52 Å². The molecule has 0 aliphatic carbocycles. The Morgan fingerprint density at radius 1 is 1.07 bits per heavy atom. The van der Waals surface area contributed by atoms with E-state index in [0.717, 1.165) is 12.1 Å². The zero-order valence-corrected chi connectivity index (χ0v) is 15.4. The van der Waals surface area contributed by atoms with Crippen LogP contribution in [0, 0.1) is 11.6 Å². The van der Waals surface area contributed by atoms with Crippen LogP contribution < -0.4 is 10.6 Å². The summed E-state index contributed by atoms with van der Waals surface area (Å²) in [5.74, 6) is -3.25. The molecule has 28 heavy (non-hydrogen) atoms. The highest BCUT2D eigenvalue weighted by atomic mass is 19.1. The maximum Gasteiger partial charge on any atom is 0.292 e. The van der Waals surface area contributed by atoms with Gasteiger partial charge in [-0.05, 0) is 38.4 Å². The summed E-state index contributed by atoms with van der Waals surface area (Å²) >= 11 is 0. The molecule has 0 saturated heterocycles. The summed E-state index contributed by atoms with van der Waals surface area (Å²) < 4.78 is 29.1. The molecule has 0 unspecified atom stereocenters. The number of rotatable bonds is 6. The molecule has 1 aromatic carbocycles. The lowest BCUT2D eigenvalue weighted by molar-refractivity contribution is 0.0948. The number of nitrogens with one attached hydrogen (secondary N) is 2. The second kappa shape index (κ2) is 8.13. The average molecular weight is 387 g/mol. The number of benzene rings is 1. The molecule has 0 bridgehead atoms. The average Bonchev–Trinajstić information content (AvgIpc) is 3.04. The molecule has 0 spiro atoms. The van der Waals surface area contributed by atoms with E-state index in [0.29, 0.717) is 18.6 Å². The number of anilines is 1. The Morgan fingerprint density at radius 3 is 2.46 bits per heavy atom. The van der Waals surface area contributed by atoms with E-state index >= 15 is 0 Å². The lowest BCUT2D eigenvalue weighted by atomic mass is 10.3. The van der Waals surface area contributed by atoms with Crippen LogP contribution in [0.4, 0.5) is 14.5 Å². The maximum absolute atomic E-state index is 13.8. The van der Waals surface area contributed by atoms with Crippen molar-refractivity contribution in [3.05, 3.63) is 65.7 Å². The van der Waals surface area contributed by atoms with Crippen molar-refractivity contribution < 1.29 is 18.4 Å². The Labute approximate surface area is 160 Å². The Balaban J connectivity index is 1.91. The van der Waals surface area contributed by atoms with Crippen LogP contribution in [0.5, 0.6) is 0 Å². The number of amides is 2. The molecule has 0 aliphatic heterocycles. The van der Waals surface area contributed by atoms with Gasteiger partial charge in [-0.3, -0.25) is 14.0 Å². The lowest BCUT2D eigenvalue weighted by Crippen LogP contribution is -2.31. The van der Waals surface area contributed by atoms with Gasteiger partial charge in [0.15, 0.2) is 5.69 Å². The van der Waals surface area contributed by atoms with E-state index in [-0.39, 0.29) is 11.5 Å². The van der Waals surface area contributed by atoms with Crippen molar-refractivity contribution in [2.45, 2.75) is 0 Å². The maximum atomic E-state index is 13.8. The molecule has 0 radical (unpaired) electrons. The van der Waals surface area contributed by atoms with Gasteiger partial charge >= 0.3 is 0 Å². The highest BCUT2D eigenvalue weighted by molar-refractivity contribution is 6.06. The molecule has 7 nitrogen and oxygen atoms in total. The lowest BCUT2D eigenvalue weighted by Gasteiger charge is -2.09. The Hall–Kier alpha value is -3.33. The van der Waals surface area contributed by atoms with Crippen LogP contribution in [0.2, 0.25) is 0 Å². The highest BCUT2D eigenvalue weighted by Crippen LogP contribution is 2.20. The van der Waals surface area contributed by atoms with Gasteiger partial charge in [0.2, 0.25) is 5.82 Å². The third kappa shape index (κ3) is 3.99. The number of imidazole rings is 1. The van der Waals surface area contributed by atoms with Crippen molar-refractivity contribution in [3.8, 4) is 0 Å². The minimum atomic E-state index is -0.907. The van der Waals surface area contributed by atoms with E-state index in [9.17, 15) is 18.4 Å². The van der Waals surface area contributed by atoms with Gasteiger partial charge in [0, 0.05) is 19.3 Å². The van der Waals surface area contributed by atoms with Crippen LogP contribution in [0.1, 0.15) is 21.1 Å². The molecule has 2 amide bonds. The van der Waals surface area contributed by atoms with Crippen LogP contribution >= 0.6 is 0 Å². The van der Waals surface area contributed by atoms with E-state index in [1.54, 1.807) is 24.4 Å². The number of nitrogens with zero attached hydrogens (tertiary/aromatic N) is 3. The van der Waals surface area contributed by atoms with Crippen LogP contribution in [0.15, 0.2) is 42.6 Å². The predicted octanol–water partition coefficient (Wildman–Crippen LogP) is 2.16. The monoisotopic (exact) mass is 387 g/mol. The molecular weight excluding hydrogens is 368 g/mol. The third-order valence-corrected chi connectivity index (χ3v) is 4.01. The summed E-state index contributed by atoms with van der Waals surface area (Å²) in [6.45, 7) is 1.04. The number of para-hydroxylation sites is 1. The van der Waals surface area contributed by atoms with E-state index in [2.05, 4.69) is 15.6 Å². The van der Waals surface area contributed by atoms with E-state index < -0.39 is 29.1 Å². The topological polar surface area (TPSA) is 78.7 Å². The zero-order valence-electron chi connectivity index (χ0n) is 15.4. The van der Waals surface area contributed by atoms with Gasteiger partial charge in [0.1, 0.15) is 17.3 Å². The van der Waals surface area contributed by atoms with Gasteiger partial charge in [-0.2, -0.15) is 0 Å².